The summed E-state index contributed by atoms with van der Waals surface area (Å²) < 4.78 is 38.0. The number of hydrogen-bond acceptors (Lipinski definition) is 4. The second-order valence-electron chi connectivity index (χ2n) is 5.21. The molecular weight excluding hydrogens is 353 g/mol. The number of carbonyl (C=O) groups excluding carboxylic acids is 1. The van der Waals surface area contributed by atoms with Crippen molar-refractivity contribution in [1.29, 1.82) is 0 Å². The number of ketones is 1. The van der Waals surface area contributed by atoms with E-state index in [1.807, 2.05) is 24.3 Å². The third-order valence-electron chi connectivity index (χ3n) is 3.42. The number of nitrogens with one attached hydrogen (secondary N) is 1. The van der Waals surface area contributed by atoms with Crippen molar-refractivity contribution in [3.8, 4) is 0 Å². The largest absolute Gasteiger partial charge is 0.433 e. The van der Waals surface area contributed by atoms with Gasteiger partial charge in [0, 0.05) is 11.6 Å². The van der Waals surface area contributed by atoms with Gasteiger partial charge in [0.25, 0.3) is 5.56 Å². The van der Waals surface area contributed by atoms with Gasteiger partial charge in [-0.2, -0.15) is 13.2 Å². The molecule has 25 heavy (non-hydrogen) atoms. The van der Waals surface area contributed by atoms with Crippen LogP contribution in [0.4, 0.5) is 13.2 Å². The molecule has 1 aromatic heterocycles. The van der Waals surface area contributed by atoms with Crippen LogP contribution in [0.1, 0.15) is 16.1 Å². The number of carbonyl (C=O) groups is 1. The fourth-order valence-electron chi connectivity index (χ4n) is 2.23. The van der Waals surface area contributed by atoms with Gasteiger partial charge in [-0.05, 0) is 16.8 Å². The van der Waals surface area contributed by atoms with Gasteiger partial charge in [-0.25, -0.2) is 4.98 Å². The van der Waals surface area contributed by atoms with Gasteiger partial charge in [0.1, 0.15) is 0 Å². The third-order valence-corrected chi connectivity index (χ3v) is 4.30. The molecule has 0 bridgehead atoms. The van der Waals surface area contributed by atoms with Crippen LogP contribution in [0.3, 0.4) is 0 Å². The summed E-state index contributed by atoms with van der Waals surface area (Å²) in [6.45, 7) is 0. The van der Waals surface area contributed by atoms with Gasteiger partial charge in [-0.3, -0.25) is 9.59 Å². The van der Waals surface area contributed by atoms with Crippen molar-refractivity contribution in [2.45, 2.75) is 11.3 Å². The monoisotopic (exact) mass is 364 g/mol. The predicted octanol–water partition coefficient (Wildman–Crippen LogP) is 3.92. The molecule has 1 N–H and O–H groups in total. The lowest BCUT2D eigenvalue weighted by Crippen LogP contribution is -2.17. The van der Waals surface area contributed by atoms with E-state index in [1.165, 1.54) is 0 Å². The van der Waals surface area contributed by atoms with E-state index in [1.54, 1.807) is 18.2 Å². The second-order valence-corrected chi connectivity index (χ2v) is 6.17. The lowest BCUT2D eigenvalue weighted by atomic mass is 10.1. The highest BCUT2D eigenvalue weighted by molar-refractivity contribution is 7.99. The zero-order chi connectivity index (χ0) is 18.0. The highest BCUT2D eigenvalue weighted by Gasteiger charge is 2.33. The predicted molar refractivity (Wildman–Crippen MR) is 88.9 cm³/mol. The Kier molecular flexibility index (Phi) is 4.63. The number of aromatic amines is 1. The van der Waals surface area contributed by atoms with Crippen LogP contribution in [0, 0.1) is 0 Å². The van der Waals surface area contributed by atoms with Crippen molar-refractivity contribution in [2.75, 3.05) is 5.75 Å². The smallest absolute Gasteiger partial charge is 0.301 e. The molecule has 0 amide bonds. The average molecular weight is 364 g/mol. The van der Waals surface area contributed by atoms with Crippen LogP contribution in [0.5, 0.6) is 0 Å². The summed E-state index contributed by atoms with van der Waals surface area (Å²) >= 11 is 0.757. The van der Waals surface area contributed by atoms with Crippen LogP contribution in [-0.4, -0.2) is 21.5 Å². The molecule has 0 aliphatic carbocycles. The molecule has 8 heteroatoms. The molecule has 3 aromatic rings. The molecule has 3 rings (SSSR count). The number of benzene rings is 2. The molecule has 0 atom stereocenters. The minimum Gasteiger partial charge on any atom is -0.301 e. The molecule has 0 aliphatic rings. The van der Waals surface area contributed by atoms with E-state index in [4.69, 9.17) is 0 Å². The van der Waals surface area contributed by atoms with Crippen molar-refractivity contribution in [3.05, 3.63) is 70.1 Å². The van der Waals surface area contributed by atoms with E-state index in [2.05, 4.69) is 9.97 Å². The minimum atomic E-state index is -4.72. The van der Waals surface area contributed by atoms with Gasteiger partial charge in [-0.15, -0.1) is 0 Å². The molecule has 2 aromatic carbocycles. The van der Waals surface area contributed by atoms with Crippen molar-refractivity contribution in [1.82, 2.24) is 9.97 Å². The van der Waals surface area contributed by atoms with Crippen molar-refractivity contribution in [2.24, 2.45) is 0 Å². The molecule has 1 heterocycles. The Morgan fingerprint density at radius 3 is 2.52 bits per heavy atom. The summed E-state index contributed by atoms with van der Waals surface area (Å²) in [5.74, 6) is -0.404. The first kappa shape index (κ1) is 17.2. The maximum atomic E-state index is 12.7. The van der Waals surface area contributed by atoms with E-state index in [0.717, 1.165) is 22.5 Å². The summed E-state index contributed by atoms with van der Waals surface area (Å²) in [6.07, 6.45) is -4.72. The van der Waals surface area contributed by atoms with E-state index in [-0.39, 0.29) is 16.7 Å². The van der Waals surface area contributed by atoms with E-state index in [0.29, 0.717) is 11.6 Å². The fourth-order valence-corrected chi connectivity index (χ4v) is 3.00. The van der Waals surface area contributed by atoms with E-state index >= 15 is 0 Å². The lowest BCUT2D eigenvalue weighted by Gasteiger charge is -2.07. The van der Waals surface area contributed by atoms with E-state index in [9.17, 15) is 22.8 Å². The summed E-state index contributed by atoms with van der Waals surface area (Å²) in [6, 6.07) is 13.1. The molecule has 0 saturated heterocycles. The number of halogens is 3. The lowest BCUT2D eigenvalue weighted by molar-refractivity contribution is -0.141. The molecule has 0 fully saturated rings. The number of H-pyrrole nitrogens is 1. The van der Waals surface area contributed by atoms with Crippen molar-refractivity contribution >= 4 is 28.3 Å². The maximum Gasteiger partial charge on any atom is 0.433 e. The summed E-state index contributed by atoms with van der Waals surface area (Å²) in [5.41, 5.74) is -1.75. The van der Waals surface area contributed by atoms with Crippen molar-refractivity contribution < 1.29 is 18.0 Å². The van der Waals surface area contributed by atoms with Gasteiger partial charge in [0.2, 0.25) is 0 Å². The number of aromatic nitrogens is 2. The highest BCUT2D eigenvalue weighted by Crippen LogP contribution is 2.27. The fraction of sp³-hybridized carbons (Fsp3) is 0.118. The van der Waals surface area contributed by atoms with Crippen LogP contribution in [0.2, 0.25) is 0 Å². The standard InChI is InChI=1S/C17H11F3N2O2S/c18-17(19,20)14-8-15(24)22-16(21-14)25-9-13(23)12-6-5-10-3-1-2-4-11(10)7-12/h1-8H,9H2,(H,21,22,24). The van der Waals surface area contributed by atoms with E-state index < -0.39 is 17.4 Å². The summed E-state index contributed by atoms with van der Waals surface area (Å²) in [5, 5.41) is 1.63. The Hall–Kier alpha value is -2.61. The Bertz CT molecular complexity index is 999. The van der Waals surface area contributed by atoms with Crippen LogP contribution in [0.15, 0.2) is 58.5 Å². The number of nitrogens with zero attached hydrogens (tertiary/aromatic N) is 1. The molecule has 0 spiro atoms. The van der Waals surface area contributed by atoms with Crippen LogP contribution in [-0.2, 0) is 6.18 Å². The van der Waals surface area contributed by atoms with Gasteiger partial charge < -0.3 is 4.98 Å². The zero-order valence-corrected chi connectivity index (χ0v) is 13.4. The normalized spacial score (nSPS) is 11.6. The molecule has 0 saturated carbocycles. The molecule has 0 aliphatic heterocycles. The molecule has 0 radical (unpaired) electrons. The topological polar surface area (TPSA) is 62.8 Å². The summed E-state index contributed by atoms with van der Waals surface area (Å²) in [7, 11) is 0. The van der Waals surface area contributed by atoms with Crippen LogP contribution < -0.4 is 5.56 Å². The van der Waals surface area contributed by atoms with Gasteiger partial charge >= 0.3 is 6.18 Å². The number of alkyl halides is 3. The molecular formula is C17H11F3N2O2S. The average Bonchev–Trinajstić information content (AvgIpc) is 2.58. The Balaban J connectivity index is 1.77. The van der Waals surface area contributed by atoms with Gasteiger partial charge in [0.15, 0.2) is 16.6 Å². The number of Topliss-reactive ketones (excluding diaryl/α,β-unsaturated/α-hetero) is 1. The van der Waals surface area contributed by atoms with Gasteiger partial charge in [0.05, 0.1) is 5.75 Å². The maximum absolute atomic E-state index is 12.7. The number of thioether (sulfide) groups is 1. The quantitative estimate of drug-likeness (QED) is 0.433. The first-order valence-electron chi connectivity index (χ1n) is 7.16. The number of rotatable bonds is 4. The highest BCUT2D eigenvalue weighted by atomic mass is 32.2. The Morgan fingerprint density at radius 2 is 1.80 bits per heavy atom. The minimum absolute atomic E-state index is 0.136. The zero-order valence-electron chi connectivity index (χ0n) is 12.6. The molecule has 0 unspecified atom stereocenters. The van der Waals surface area contributed by atoms with Gasteiger partial charge in [-0.1, -0.05) is 48.2 Å². The van der Waals surface area contributed by atoms with Crippen LogP contribution in [0.25, 0.3) is 10.8 Å². The summed E-state index contributed by atoms with van der Waals surface area (Å²) in [4.78, 5) is 29.1. The SMILES string of the molecule is O=C(CSc1nc(C(F)(F)F)cc(=O)[nH]1)c1ccc2ccccc2c1. The Morgan fingerprint density at radius 1 is 1.08 bits per heavy atom. The first-order valence-corrected chi connectivity index (χ1v) is 8.15. The first-order chi connectivity index (χ1) is 11.8. The molecule has 4 nitrogen and oxygen atoms in total. The number of hydrogen-bond donors (Lipinski definition) is 1. The second kappa shape index (κ2) is 6.72. The van der Waals surface area contributed by atoms with Crippen molar-refractivity contribution in [3.63, 3.8) is 0 Å². The number of fused-ring (bicyclic) bond motifs is 1. The Labute approximate surface area is 144 Å². The third kappa shape index (κ3) is 4.08. The molecule has 128 valence electrons. The van der Waals surface area contributed by atoms with Crippen LogP contribution >= 0.6 is 11.8 Å².